The van der Waals surface area contributed by atoms with Crippen molar-refractivity contribution in [2.75, 3.05) is 6.67 Å². The molecule has 114 valence electrons. The molecule has 0 rings (SSSR count). The van der Waals surface area contributed by atoms with Gasteiger partial charge in [0.15, 0.2) is 5.96 Å². The van der Waals surface area contributed by atoms with Gasteiger partial charge in [-0.3, -0.25) is 4.99 Å². The van der Waals surface area contributed by atoms with Crippen LogP contribution in [0.2, 0.25) is 0 Å². The van der Waals surface area contributed by atoms with E-state index in [1.165, 1.54) is 0 Å². The second-order valence-electron chi connectivity index (χ2n) is 4.79. The number of hydrogen-bond acceptors (Lipinski definition) is 4. The molecule has 0 aliphatic rings. The number of nitrogens with one attached hydrogen (secondary N) is 1. The van der Waals surface area contributed by atoms with E-state index in [4.69, 9.17) is 17.2 Å². The summed E-state index contributed by atoms with van der Waals surface area (Å²) < 4.78 is 0. The summed E-state index contributed by atoms with van der Waals surface area (Å²) in [6.07, 6.45) is 2.73. The van der Waals surface area contributed by atoms with Crippen molar-refractivity contribution in [3.63, 3.8) is 0 Å². The lowest BCUT2D eigenvalue weighted by Gasteiger charge is -2.10. The fraction of sp³-hybridized carbons (Fsp3) is 0.571. The molecule has 0 fully saturated rings. The van der Waals surface area contributed by atoms with Crippen molar-refractivity contribution in [3.05, 3.63) is 22.5 Å². The van der Waals surface area contributed by atoms with Gasteiger partial charge in [-0.05, 0) is 50.8 Å². The van der Waals surface area contributed by atoms with Gasteiger partial charge in [0.05, 0.1) is 11.9 Å². The molecule has 0 aromatic carbocycles. The highest BCUT2D eigenvalue weighted by molar-refractivity contribution is 5.80. The van der Waals surface area contributed by atoms with Gasteiger partial charge in [-0.15, -0.1) is 0 Å². The van der Waals surface area contributed by atoms with Gasteiger partial charge in [-0.2, -0.15) is 0 Å². The second kappa shape index (κ2) is 9.01. The lowest BCUT2D eigenvalue weighted by molar-refractivity contribution is 0.792. The molecule has 0 spiro atoms. The number of nitrogens with zero attached hydrogens (tertiary/aromatic N) is 2. The van der Waals surface area contributed by atoms with Crippen LogP contribution in [-0.4, -0.2) is 24.9 Å². The summed E-state index contributed by atoms with van der Waals surface area (Å²) in [5.41, 5.74) is 19.8. The molecular weight excluding hydrogens is 252 g/mol. The molecule has 1 unspecified atom stereocenters. The summed E-state index contributed by atoms with van der Waals surface area (Å²) in [6.45, 7) is 10.4. The van der Waals surface area contributed by atoms with E-state index in [0.717, 1.165) is 23.1 Å². The maximum Gasteiger partial charge on any atom is 0.186 e. The molecule has 0 radical (unpaired) electrons. The van der Waals surface area contributed by atoms with Crippen molar-refractivity contribution in [3.8, 4) is 0 Å². The molecule has 0 aliphatic heterocycles. The normalized spacial score (nSPS) is 15.4. The lowest BCUT2D eigenvalue weighted by Crippen LogP contribution is -2.25. The molecule has 0 bridgehead atoms. The van der Waals surface area contributed by atoms with Crippen LogP contribution in [0, 0.1) is 0 Å². The molecule has 1 atom stereocenters. The van der Waals surface area contributed by atoms with Crippen LogP contribution in [0.15, 0.2) is 32.5 Å². The van der Waals surface area contributed by atoms with Gasteiger partial charge < -0.3 is 22.5 Å². The second-order valence-corrected chi connectivity index (χ2v) is 4.79. The topological polar surface area (TPSA) is 115 Å². The predicted octanol–water partition coefficient (Wildman–Crippen LogP) is 1.20. The van der Waals surface area contributed by atoms with Gasteiger partial charge in [-0.1, -0.05) is 6.92 Å². The summed E-state index contributed by atoms with van der Waals surface area (Å²) in [5.74, 6) is 0.785. The van der Waals surface area contributed by atoms with Crippen molar-refractivity contribution >= 4 is 12.2 Å². The van der Waals surface area contributed by atoms with Crippen LogP contribution >= 0.6 is 0 Å². The first-order chi connectivity index (χ1) is 9.29. The average Bonchev–Trinajstić information content (AvgIpc) is 2.40. The minimum Gasteiger partial charge on any atom is -0.386 e. The van der Waals surface area contributed by atoms with Crippen molar-refractivity contribution < 1.29 is 0 Å². The van der Waals surface area contributed by atoms with E-state index < -0.39 is 0 Å². The Hall–Kier alpha value is -1.98. The fourth-order valence-corrected chi connectivity index (χ4v) is 1.41. The van der Waals surface area contributed by atoms with Crippen LogP contribution < -0.4 is 22.5 Å². The Kier molecular flexibility index (Phi) is 8.12. The maximum atomic E-state index is 5.84. The smallest absolute Gasteiger partial charge is 0.186 e. The first-order valence-corrected chi connectivity index (χ1v) is 6.74. The van der Waals surface area contributed by atoms with E-state index in [-0.39, 0.29) is 12.0 Å². The van der Waals surface area contributed by atoms with Gasteiger partial charge in [0.1, 0.15) is 6.67 Å². The van der Waals surface area contributed by atoms with Crippen LogP contribution in [0.5, 0.6) is 0 Å². The molecule has 0 aliphatic carbocycles. The SMILES string of the molecule is CC/C(C)=C(\N)NCN=C/C(C)=C(/C)C(C)N=C(N)N. The van der Waals surface area contributed by atoms with Crippen molar-refractivity contribution in [2.45, 2.75) is 47.1 Å². The molecule has 0 saturated heterocycles. The first-order valence-electron chi connectivity index (χ1n) is 6.74. The number of nitrogens with two attached hydrogens (primary N) is 3. The fourth-order valence-electron chi connectivity index (χ4n) is 1.41. The van der Waals surface area contributed by atoms with Crippen LogP contribution in [-0.2, 0) is 0 Å². The number of allylic oxidation sites excluding steroid dienone is 2. The van der Waals surface area contributed by atoms with Gasteiger partial charge in [0, 0.05) is 6.21 Å². The quantitative estimate of drug-likeness (QED) is 0.414. The monoisotopic (exact) mass is 280 g/mol. The van der Waals surface area contributed by atoms with Gasteiger partial charge >= 0.3 is 0 Å². The Labute approximate surface area is 121 Å². The number of rotatable bonds is 7. The Morgan fingerprint density at radius 1 is 1.20 bits per heavy atom. The van der Waals surface area contributed by atoms with E-state index in [9.17, 15) is 0 Å². The van der Waals surface area contributed by atoms with Crippen molar-refractivity contribution in [1.29, 1.82) is 0 Å². The minimum absolute atomic E-state index is 0.0493. The highest BCUT2D eigenvalue weighted by atomic mass is 15.1. The van der Waals surface area contributed by atoms with Crippen LogP contribution in [0.1, 0.15) is 41.0 Å². The standard InChI is InChI=1S/C14H28N6/c1-6-9(2)13(15)19-8-18-7-10(3)11(4)12(5)20-14(16)17/h7,12,19H,6,8,15H2,1-5H3,(H4,16,17,20)/b11-10-,13-9+,18-7?. The zero-order chi connectivity index (χ0) is 15.7. The molecule has 0 aromatic rings. The average molecular weight is 280 g/mol. The van der Waals surface area contributed by atoms with E-state index >= 15 is 0 Å². The molecule has 6 heteroatoms. The van der Waals surface area contributed by atoms with Gasteiger partial charge in [0.2, 0.25) is 0 Å². The number of aliphatic imine (C=N–C) groups is 2. The Morgan fingerprint density at radius 3 is 2.30 bits per heavy atom. The van der Waals surface area contributed by atoms with Gasteiger partial charge in [-0.25, -0.2) is 4.99 Å². The summed E-state index contributed by atoms with van der Waals surface area (Å²) in [7, 11) is 0. The maximum absolute atomic E-state index is 5.84. The first kappa shape index (κ1) is 18.0. The highest BCUT2D eigenvalue weighted by Gasteiger charge is 2.04. The minimum atomic E-state index is -0.0493. The molecule has 7 N–H and O–H groups in total. The van der Waals surface area contributed by atoms with Crippen molar-refractivity contribution in [2.24, 2.45) is 27.2 Å². The molecule has 20 heavy (non-hydrogen) atoms. The summed E-state index contributed by atoms with van der Waals surface area (Å²) in [4.78, 5) is 8.39. The van der Waals surface area contributed by atoms with Crippen LogP contribution in [0.3, 0.4) is 0 Å². The predicted molar refractivity (Wildman–Crippen MR) is 87.3 cm³/mol. The molecule has 0 aromatic heterocycles. The van der Waals surface area contributed by atoms with E-state index in [1.54, 1.807) is 6.21 Å². The van der Waals surface area contributed by atoms with Crippen LogP contribution in [0.25, 0.3) is 0 Å². The van der Waals surface area contributed by atoms with E-state index in [0.29, 0.717) is 12.5 Å². The third-order valence-corrected chi connectivity index (χ3v) is 3.23. The number of guanidine groups is 1. The Bertz CT molecular complexity index is 427. The Morgan fingerprint density at radius 2 is 1.80 bits per heavy atom. The van der Waals surface area contributed by atoms with E-state index in [1.807, 2.05) is 27.7 Å². The zero-order valence-corrected chi connectivity index (χ0v) is 13.2. The highest BCUT2D eigenvalue weighted by Crippen LogP contribution is 2.09. The third-order valence-electron chi connectivity index (χ3n) is 3.23. The third kappa shape index (κ3) is 6.82. The number of hydrogen-bond donors (Lipinski definition) is 4. The van der Waals surface area contributed by atoms with Crippen molar-refractivity contribution in [1.82, 2.24) is 5.32 Å². The molecule has 0 heterocycles. The lowest BCUT2D eigenvalue weighted by atomic mass is 10.1. The zero-order valence-electron chi connectivity index (χ0n) is 13.2. The van der Waals surface area contributed by atoms with Crippen LogP contribution in [0.4, 0.5) is 0 Å². The molecule has 0 saturated carbocycles. The summed E-state index contributed by atoms with van der Waals surface area (Å²) in [5, 5.41) is 3.06. The Balaban J connectivity index is 4.56. The molecular formula is C14H28N6. The molecule has 0 amide bonds. The molecule has 6 nitrogen and oxygen atoms in total. The van der Waals surface area contributed by atoms with Gasteiger partial charge in [0.25, 0.3) is 0 Å². The van der Waals surface area contributed by atoms with E-state index in [2.05, 4.69) is 22.2 Å². The largest absolute Gasteiger partial charge is 0.386 e. The summed E-state index contributed by atoms with van der Waals surface area (Å²) in [6, 6.07) is -0.0493. The summed E-state index contributed by atoms with van der Waals surface area (Å²) >= 11 is 0.